The van der Waals surface area contributed by atoms with Crippen LogP contribution < -0.4 is 9.44 Å². The molecule has 2 aliphatic rings. The molecule has 0 unspecified atom stereocenters. The quantitative estimate of drug-likeness (QED) is 0.741. The fourth-order valence-electron chi connectivity index (χ4n) is 2.31. The van der Waals surface area contributed by atoms with Crippen LogP contribution >= 0.6 is 11.3 Å². The van der Waals surface area contributed by atoms with Gasteiger partial charge >= 0.3 is 0 Å². The molecule has 0 bridgehead atoms. The summed E-state index contributed by atoms with van der Waals surface area (Å²) < 4.78 is 16.5. The molecule has 0 radical (unpaired) electrons. The molecule has 1 amide bonds. The van der Waals surface area contributed by atoms with Crippen LogP contribution in [0.2, 0.25) is 0 Å². The molecule has 1 aliphatic heterocycles. The number of carbonyl (C=O) groups is 1. The number of carbonyl (C=O) groups excluding carboxylic acids is 1. The zero-order chi connectivity index (χ0) is 11.3. The molecule has 0 saturated carbocycles. The van der Waals surface area contributed by atoms with Gasteiger partial charge in [-0.15, -0.1) is 11.3 Å². The normalized spacial score (nSPS) is 27.7. The van der Waals surface area contributed by atoms with Crippen molar-refractivity contribution in [1.29, 1.82) is 0 Å². The number of amides is 1. The summed E-state index contributed by atoms with van der Waals surface area (Å²) in [5.74, 6) is 0.486. The molecule has 0 fully saturated rings. The van der Waals surface area contributed by atoms with Crippen molar-refractivity contribution in [2.45, 2.75) is 26.2 Å². The van der Waals surface area contributed by atoms with Crippen molar-refractivity contribution in [2.24, 2.45) is 5.92 Å². The van der Waals surface area contributed by atoms with Crippen molar-refractivity contribution in [2.75, 3.05) is 4.72 Å². The van der Waals surface area contributed by atoms with E-state index in [1.807, 2.05) is 0 Å². The van der Waals surface area contributed by atoms with E-state index in [0.29, 0.717) is 5.92 Å². The number of hydrogen-bond acceptors (Lipinski definition) is 3. The van der Waals surface area contributed by atoms with Gasteiger partial charge in [0, 0.05) is 4.88 Å². The third kappa shape index (κ3) is 1.48. The highest BCUT2D eigenvalue weighted by molar-refractivity contribution is 7.85. The van der Waals surface area contributed by atoms with Crippen molar-refractivity contribution < 1.29 is 9.00 Å². The summed E-state index contributed by atoms with van der Waals surface area (Å²) in [6.07, 6.45) is 3.13. The van der Waals surface area contributed by atoms with Gasteiger partial charge in [-0.25, -0.2) is 4.21 Å². The van der Waals surface area contributed by atoms with Crippen molar-refractivity contribution in [3.8, 4) is 0 Å². The van der Waals surface area contributed by atoms with Gasteiger partial charge < -0.3 is 0 Å². The van der Waals surface area contributed by atoms with Gasteiger partial charge in [0.25, 0.3) is 5.91 Å². The molecule has 1 aromatic rings. The molecule has 0 aromatic carbocycles. The molecule has 2 heterocycles. The Bertz CT molecular complexity index is 495. The van der Waals surface area contributed by atoms with Gasteiger partial charge in [0.1, 0.15) is 5.00 Å². The van der Waals surface area contributed by atoms with E-state index in [9.17, 15) is 9.00 Å². The zero-order valence-electron chi connectivity index (χ0n) is 8.83. The number of anilines is 1. The van der Waals surface area contributed by atoms with E-state index in [-0.39, 0.29) is 5.91 Å². The van der Waals surface area contributed by atoms with Gasteiger partial charge in [0.05, 0.1) is 5.56 Å². The van der Waals surface area contributed by atoms with Gasteiger partial charge in [-0.3, -0.25) is 14.2 Å². The summed E-state index contributed by atoms with van der Waals surface area (Å²) in [4.78, 5) is 13.1. The molecule has 0 spiro atoms. The Kier molecular flexibility index (Phi) is 2.29. The van der Waals surface area contributed by atoms with Crippen LogP contribution in [0.15, 0.2) is 0 Å². The molecule has 6 heteroatoms. The highest BCUT2D eigenvalue weighted by Crippen LogP contribution is 2.40. The first-order valence-electron chi connectivity index (χ1n) is 5.29. The largest absolute Gasteiger partial charge is 0.278 e. The molecule has 1 aromatic heterocycles. The molecule has 3 rings (SSSR count). The molecule has 86 valence electrons. The lowest BCUT2D eigenvalue weighted by atomic mass is 9.88. The SMILES string of the molecule is C[C@H]1CCc2c(sc3c2C(=O)N[S@](=O)N3)C1. The topological polar surface area (TPSA) is 58.2 Å². The number of nitrogens with one attached hydrogen (secondary N) is 2. The van der Waals surface area contributed by atoms with E-state index in [1.165, 1.54) is 10.4 Å². The molecule has 16 heavy (non-hydrogen) atoms. The Labute approximate surface area is 100 Å². The molecule has 4 nitrogen and oxygen atoms in total. The Morgan fingerprint density at radius 3 is 3.06 bits per heavy atom. The highest BCUT2D eigenvalue weighted by Gasteiger charge is 2.31. The van der Waals surface area contributed by atoms with Gasteiger partial charge in [-0.05, 0) is 30.7 Å². The third-order valence-corrected chi connectivity index (χ3v) is 5.17. The van der Waals surface area contributed by atoms with Crippen LogP contribution in [0.4, 0.5) is 5.00 Å². The first kappa shape index (κ1) is 10.3. The highest BCUT2D eigenvalue weighted by atomic mass is 32.2. The summed E-state index contributed by atoms with van der Waals surface area (Å²) in [7, 11) is 0. The van der Waals surface area contributed by atoms with Crippen LogP contribution in [0.25, 0.3) is 0 Å². The molecular weight excluding hydrogens is 244 g/mol. The molecule has 2 N–H and O–H groups in total. The summed E-state index contributed by atoms with van der Waals surface area (Å²) in [5.41, 5.74) is 1.89. The van der Waals surface area contributed by atoms with Crippen molar-refractivity contribution in [3.05, 3.63) is 16.0 Å². The summed E-state index contributed by atoms with van der Waals surface area (Å²) in [6.45, 7) is 2.23. The maximum Gasteiger partial charge on any atom is 0.267 e. The fraction of sp³-hybridized carbons (Fsp3) is 0.500. The zero-order valence-corrected chi connectivity index (χ0v) is 10.5. The van der Waals surface area contributed by atoms with E-state index in [2.05, 4.69) is 16.4 Å². The lowest BCUT2D eigenvalue weighted by molar-refractivity contribution is 0.0982. The Balaban J connectivity index is 2.11. The molecular formula is C10H12N2O2S2. The van der Waals surface area contributed by atoms with Crippen LogP contribution in [0, 0.1) is 5.92 Å². The minimum Gasteiger partial charge on any atom is -0.278 e. The molecule has 0 saturated heterocycles. The Morgan fingerprint density at radius 2 is 2.25 bits per heavy atom. The van der Waals surface area contributed by atoms with Crippen LogP contribution in [0.3, 0.4) is 0 Å². The minimum absolute atomic E-state index is 0.195. The number of rotatable bonds is 0. The van der Waals surface area contributed by atoms with E-state index in [1.54, 1.807) is 11.3 Å². The predicted molar refractivity (Wildman–Crippen MR) is 64.7 cm³/mol. The van der Waals surface area contributed by atoms with E-state index in [4.69, 9.17) is 0 Å². The van der Waals surface area contributed by atoms with Gasteiger partial charge in [-0.2, -0.15) is 0 Å². The van der Waals surface area contributed by atoms with Crippen molar-refractivity contribution >= 4 is 33.4 Å². The van der Waals surface area contributed by atoms with Crippen molar-refractivity contribution in [1.82, 2.24) is 4.72 Å². The summed E-state index contributed by atoms with van der Waals surface area (Å²) >= 11 is 0.126. The van der Waals surface area contributed by atoms with Gasteiger partial charge in [0.2, 0.25) is 11.2 Å². The lowest BCUT2D eigenvalue weighted by Crippen LogP contribution is -2.35. The molecule has 1 aliphatic carbocycles. The average molecular weight is 256 g/mol. The Morgan fingerprint density at radius 1 is 1.44 bits per heavy atom. The van der Waals surface area contributed by atoms with Crippen LogP contribution in [0.1, 0.15) is 34.1 Å². The smallest absolute Gasteiger partial charge is 0.267 e. The second kappa shape index (κ2) is 3.56. The van der Waals surface area contributed by atoms with Gasteiger partial charge in [-0.1, -0.05) is 6.92 Å². The number of thiophene rings is 1. The van der Waals surface area contributed by atoms with E-state index in [0.717, 1.165) is 29.8 Å². The third-order valence-electron chi connectivity index (χ3n) is 3.11. The van der Waals surface area contributed by atoms with E-state index < -0.39 is 11.2 Å². The van der Waals surface area contributed by atoms with Crippen molar-refractivity contribution in [3.63, 3.8) is 0 Å². The monoisotopic (exact) mass is 256 g/mol. The van der Waals surface area contributed by atoms with E-state index >= 15 is 0 Å². The summed E-state index contributed by atoms with van der Waals surface area (Å²) in [6, 6.07) is 0. The first-order valence-corrected chi connectivity index (χ1v) is 7.25. The maximum atomic E-state index is 11.8. The Hall–Kier alpha value is -0.880. The fourth-order valence-corrected chi connectivity index (χ4v) is 4.55. The first-order chi connectivity index (χ1) is 7.65. The van der Waals surface area contributed by atoms with Gasteiger partial charge in [0.15, 0.2) is 0 Å². The number of fused-ring (bicyclic) bond motifs is 3. The predicted octanol–water partition coefficient (Wildman–Crippen LogP) is 1.61. The van der Waals surface area contributed by atoms with Crippen LogP contribution in [0.5, 0.6) is 0 Å². The minimum atomic E-state index is -1.46. The van der Waals surface area contributed by atoms with Crippen LogP contribution in [-0.2, 0) is 24.0 Å². The summed E-state index contributed by atoms with van der Waals surface area (Å²) in [5, 5.41) is 0.779. The second-order valence-electron chi connectivity index (χ2n) is 4.36. The maximum absolute atomic E-state index is 11.8. The van der Waals surface area contributed by atoms with Crippen LogP contribution in [-0.4, -0.2) is 10.1 Å². The number of hydrogen-bond donors (Lipinski definition) is 2. The lowest BCUT2D eigenvalue weighted by Gasteiger charge is -2.19. The average Bonchev–Trinajstić information content (AvgIpc) is 2.54. The standard InChI is InChI=1S/C10H12N2O2S2/c1-5-2-3-6-7(4-5)15-10-8(6)9(13)11-16(14)12-10/h5,12H,2-4H2,1H3,(H,11,13)/t5-,16-/m0/s1. The molecule has 2 atom stereocenters. The second-order valence-corrected chi connectivity index (χ2v) is 6.41.